The summed E-state index contributed by atoms with van der Waals surface area (Å²) in [5.74, 6) is -4.95. The molecule has 0 atom stereocenters. The molecule has 0 aliphatic carbocycles. The quantitative estimate of drug-likeness (QED) is 0.569. The van der Waals surface area contributed by atoms with Crippen molar-refractivity contribution in [3.05, 3.63) is 53.8 Å². The minimum Gasteiger partial charge on any atom is -0.497 e. The molecule has 0 bridgehead atoms. The Bertz CT molecular complexity index is 801. The highest BCUT2D eigenvalue weighted by molar-refractivity contribution is 8.00. The zero-order chi connectivity index (χ0) is 19.1. The number of hydrogen-bond acceptors (Lipinski definition) is 4. The average molecular weight is 384 g/mol. The predicted molar refractivity (Wildman–Crippen MR) is 91.7 cm³/mol. The molecule has 9 heteroatoms. The Kier molecular flexibility index (Phi) is 6.90. The number of anilines is 1. The van der Waals surface area contributed by atoms with Crippen molar-refractivity contribution < 1.29 is 27.5 Å². The lowest BCUT2D eigenvalue weighted by atomic mass is 10.2. The lowest BCUT2D eigenvalue weighted by molar-refractivity contribution is -0.122. The van der Waals surface area contributed by atoms with Crippen molar-refractivity contribution in [2.24, 2.45) is 0 Å². The van der Waals surface area contributed by atoms with E-state index in [1.807, 2.05) is 0 Å². The third-order valence-electron chi connectivity index (χ3n) is 3.18. The molecule has 0 heterocycles. The lowest BCUT2D eigenvalue weighted by Gasteiger charge is -2.08. The van der Waals surface area contributed by atoms with Crippen LogP contribution in [-0.4, -0.2) is 31.2 Å². The maximum absolute atomic E-state index is 13.5. The number of hydrogen-bond donors (Lipinski definition) is 2. The second-order valence-electron chi connectivity index (χ2n) is 5.01. The first-order valence-corrected chi connectivity index (χ1v) is 8.36. The molecule has 0 fully saturated rings. The molecule has 0 radical (unpaired) electrons. The number of carbonyl (C=O) groups is 2. The second-order valence-corrected chi connectivity index (χ2v) is 6.06. The van der Waals surface area contributed by atoms with Crippen molar-refractivity contribution >= 4 is 29.3 Å². The van der Waals surface area contributed by atoms with Crippen LogP contribution in [0.5, 0.6) is 5.75 Å². The molecule has 0 saturated heterocycles. The van der Waals surface area contributed by atoms with Gasteiger partial charge in [-0.1, -0.05) is 0 Å². The zero-order valence-electron chi connectivity index (χ0n) is 13.6. The molecule has 26 heavy (non-hydrogen) atoms. The number of methoxy groups -OCH3 is 1. The first-order chi connectivity index (χ1) is 12.4. The molecule has 0 spiro atoms. The Hall–Kier alpha value is -2.68. The standard InChI is InChI=1S/C17H15F3N2O3S/c1-25-10-2-4-11(5-3-10)26-9-15(24)21-8-14(23)22-13-7-6-12(18)16(19)17(13)20/h2-7H,8-9H2,1H3,(H,21,24)(H,22,23). The summed E-state index contributed by atoms with van der Waals surface area (Å²) >= 11 is 1.26. The molecule has 2 N–H and O–H groups in total. The van der Waals surface area contributed by atoms with Crippen LogP contribution in [0, 0.1) is 17.5 Å². The summed E-state index contributed by atoms with van der Waals surface area (Å²) in [6.07, 6.45) is 0. The van der Waals surface area contributed by atoms with Crippen LogP contribution in [0.4, 0.5) is 18.9 Å². The topological polar surface area (TPSA) is 67.4 Å². The van der Waals surface area contributed by atoms with E-state index in [0.29, 0.717) is 11.8 Å². The fourth-order valence-corrected chi connectivity index (χ4v) is 2.60. The first-order valence-electron chi connectivity index (χ1n) is 7.37. The number of thioether (sulfide) groups is 1. The van der Waals surface area contributed by atoms with Gasteiger partial charge in [-0.2, -0.15) is 0 Å². The molecule has 5 nitrogen and oxygen atoms in total. The van der Waals surface area contributed by atoms with E-state index in [2.05, 4.69) is 10.6 Å². The highest BCUT2D eigenvalue weighted by atomic mass is 32.2. The maximum atomic E-state index is 13.5. The Morgan fingerprint density at radius 3 is 2.35 bits per heavy atom. The monoisotopic (exact) mass is 384 g/mol. The molecule has 0 saturated carbocycles. The van der Waals surface area contributed by atoms with E-state index in [9.17, 15) is 22.8 Å². The summed E-state index contributed by atoms with van der Waals surface area (Å²) in [5, 5.41) is 4.42. The number of halogens is 3. The van der Waals surface area contributed by atoms with Crippen molar-refractivity contribution in [3.8, 4) is 5.75 Å². The minimum atomic E-state index is -1.68. The number of rotatable bonds is 7. The average Bonchev–Trinajstić information content (AvgIpc) is 2.65. The summed E-state index contributed by atoms with van der Waals surface area (Å²) in [6, 6.07) is 8.67. The summed E-state index contributed by atoms with van der Waals surface area (Å²) in [5.41, 5.74) is -0.504. The van der Waals surface area contributed by atoms with Gasteiger partial charge in [0.05, 0.1) is 25.1 Å². The third-order valence-corrected chi connectivity index (χ3v) is 4.20. The number of amides is 2. The summed E-state index contributed by atoms with van der Waals surface area (Å²) in [6.45, 7) is -0.430. The molecule has 0 aliphatic rings. The zero-order valence-corrected chi connectivity index (χ0v) is 14.5. The van der Waals surface area contributed by atoms with E-state index in [0.717, 1.165) is 11.0 Å². The van der Waals surface area contributed by atoms with Crippen molar-refractivity contribution in [1.82, 2.24) is 5.32 Å². The molecule has 0 aromatic heterocycles. The number of nitrogens with one attached hydrogen (secondary N) is 2. The van der Waals surface area contributed by atoms with Crippen LogP contribution in [0.15, 0.2) is 41.3 Å². The molecule has 2 aromatic rings. The van der Waals surface area contributed by atoms with E-state index in [1.54, 1.807) is 31.4 Å². The van der Waals surface area contributed by atoms with Crippen molar-refractivity contribution in [2.75, 3.05) is 24.7 Å². The summed E-state index contributed by atoms with van der Waals surface area (Å²) < 4.78 is 44.4. The van der Waals surface area contributed by atoms with Crippen LogP contribution < -0.4 is 15.4 Å². The second kappa shape index (κ2) is 9.14. The van der Waals surface area contributed by atoms with Gasteiger partial charge in [0.25, 0.3) is 0 Å². The Labute approximate surface area is 151 Å². The number of ether oxygens (including phenoxy) is 1. The molecule has 0 unspecified atom stereocenters. The molecule has 2 aromatic carbocycles. The van der Waals surface area contributed by atoms with Crippen LogP contribution in [0.1, 0.15) is 0 Å². The van der Waals surface area contributed by atoms with E-state index in [-0.39, 0.29) is 5.75 Å². The van der Waals surface area contributed by atoms with Gasteiger partial charge in [0, 0.05) is 4.90 Å². The van der Waals surface area contributed by atoms with Gasteiger partial charge >= 0.3 is 0 Å². The van der Waals surface area contributed by atoms with E-state index in [4.69, 9.17) is 4.74 Å². The minimum absolute atomic E-state index is 0.0686. The highest BCUT2D eigenvalue weighted by Crippen LogP contribution is 2.21. The van der Waals surface area contributed by atoms with E-state index in [1.165, 1.54) is 11.8 Å². The highest BCUT2D eigenvalue weighted by Gasteiger charge is 2.15. The van der Waals surface area contributed by atoms with Gasteiger partial charge in [-0.25, -0.2) is 13.2 Å². The van der Waals surface area contributed by atoms with Crippen LogP contribution in [0.3, 0.4) is 0 Å². The van der Waals surface area contributed by atoms with Gasteiger partial charge in [0.1, 0.15) is 5.75 Å². The fraction of sp³-hybridized carbons (Fsp3) is 0.176. The number of carbonyl (C=O) groups excluding carboxylic acids is 2. The first kappa shape index (κ1) is 19.6. The van der Waals surface area contributed by atoms with Crippen molar-refractivity contribution in [1.29, 1.82) is 0 Å². The van der Waals surface area contributed by atoms with Gasteiger partial charge in [-0.05, 0) is 36.4 Å². The Morgan fingerprint density at radius 2 is 1.69 bits per heavy atom. The number of benzene rings is 2. The SMILES string of the molecule is COc1ccc(SCC(=O)NCC(=O)Nc2ccc(F)c(F)c2F)cc1. The Balaban J connectivity index is 1.77. The molecule has 2 amide bonds. The van der Waals surface area contributed by atoms with Gasteiger partial charge in [0.15, 0.2) is 17.5 Å². The Morgan fingerprint density at radius 1 is 1.00 bits per heavy atom. The van der Waals surface area contributed by atoms with Crippen LogP contribution >= 0.6 is 11.8 Å². The van der Waals surface area contributed by atoms with E-state index < -0.39 is 41.5 Å². The molecular weight excluding hydrogens is 369 g/mol. The van der Waals surface area contributed by atoms with Crippen molar-refractivity contribution in [3.63, 3.8) is 0 Å². The molecular formula is C17H15F3N2O3S. The van der Waals surface area contributed by atoms with Gasteiger partial charge < -0.3 is 15.4 Å². The summed E-state index contributed by atoms with van der Waals surface area (Å²) in [4.78, 5) is 24.3. The van der Waals surface area contributed by atoms with Crippen molar-refractivity contribution in [2.45, 2.75) is 4.90 Å². The summed E-state index contributed by atoms with van der Waals surface area (Å²) in [7, 11) is 1.55. The maximum Gasteiger partial charge on any atom is 0.243 e. The third kappa shape index (κ3) is 5.41. The van der Waals surface area contributed by atoms with Gasteiger partial charge in [-0.15, -0.1) is 11.8 Å². The molecule has 2 rings (SSSR count). The molecule has 138 valence electrons. The fourth-order valence-electron chi connectivity index (χ4n) is 1.87. The van der Waals surface area contributed by atoms with Gasteiger partial charge in [0.2, 0.25) is 11.8 Å². The lowest BCUT2D eigenvalue weighted by Crippen LogP contribution is -2.34. The van der Waals surface area contributed by atoms with Crippen LogP contribution in [0.25, 0.3) is 0 Å². The van der Waals surface area contributed by atoms with Gasteiger partial charge in [-0.3, -0.25) is 9.59 Å². The van der Waals surface area contributed by atoms with Crippen LogP contribution in [-0.2, 0) is 9.59 Å². The predicted octanol–water partition coefficient (Wildman–Crippen LogP) is 2.96. The van der Waals surface area contributed by atoms with Crippen LogP contribution in [0.2, 0.25) is 0 Å². The smallest absolute Gasteiger partial charge is 0.243 e. The normalized spacial score (nSPS) is 10.3. The van der Waals surface area contributed by atoms with E-state index >= 15 is 0 Å². The molecule has 0 aliphatic heterocycles. The largest absolute Gasteiger partial charge is 0.497 e.